The molecule has 0 heterocycles. The summed E-state index contributed by atoms with van der Waals surface area (Å²) in [7, 11) is 0. The van der Waals surface area contributed by atoms with Gasteiger partial charge in [-0.15, -0.1) is 6.58 Å². The fraction of sp³-hybridized carbons (Fsp3) is 0.833. The van der Waals surface area contributed by atoms with Gasteiger partial charge in [-0.05, 0) is 18.8 Å². The molecule has 1 fully saturated rings. The first kappa shape index (κ1) is 11.7. The van der Waals surface area contributed by atoms with Gasteiger partial charge in [-0.3, -0.25) is 0 Å². The van der Waals surface area contributed by atoms with Crippen molar-refractivity contribution in [1.82, 2.24) is 5.32 Å². The fourth-order valence-corrected chi connectivity index (χ4v) is 1.95. The van der Waals surface area contributed by atoms with Crippen molar-refractivity contribution in [3.63, 3.8) is 0 Å². The molecule has 0 aromatic carbocycles. The zero-order valence-electron chi connectivity index (χ0n) is 9.13. The summed E-state index contributed by atoms with van der Waals surface area (Å²) in [6.07, 6.45) is 8.87. The van der Waals surface area contributed by atoms with Gasteiger partial charge in [-0.1, -0.05) is 25.3 Å². The topological polar surface area (TPSA) is 21.3 Å². The lowest BCUT2D eigenvalue weighted by Gasteiger charge is -2.21. The summed E-state index contributed by atoms with van der Waals surface area (Å²) in [5, 5.41) is 3.23. The molecule has 2 heteroatoms. The zero-order chi connectivity index (χ0) is 10.1. The minimum atomic E-state index is 0.836. The van der Waals surface area contributed by atoms with Crippen LogP contribution in [0.3, 0.4) is 0 Å². The van der Waals surface area contributed by atoms with Crippen LogP contribution in [0.1, 0.15) is 32.1 Å². The van der Waals surface area contributed by atoms with Crippen molar-refractivity contribution in [2.24, 2.45) is 5.92 Å². The lowest BCUT2D eigenvalue weighted by atomic mass is 9.90. The molecule has 1 aliphatic carbocycles. The van der Waals surface area contributed by atoms with E-state index in [9.17, 15) is 0 Å². The molecule has 14 heavy (non-hydrogen) atoms. The molecule has 0 atom stereocenters. The zero-order valence-corrected chi connectivity index (χ0v) is 9.13. The molecule has 1 aliphatic rings. The first-order valence-electron chi connectivity index (χ1n) is 5.83. The Hall–Kier alpha value is -0.340. The molecule has 82 valence electrons. The predicted molar refractivity (Wildman–Crippen MR) is 60.5 cm³/mol. The van der Waals surface area contributed by atoms with Crippen molar-refractivity contribution in [2.45, 2.75) is 32.1 Å². The Kier molecular flexibility index (Phi) is 6.71. The van der Waals surface area contributed by atoms with E-state index < -0.39 is 0 Å². The summed E-state index contributed by atoms with van der Waals surface area (Å²) in [5.41, 5.74) is 0. The average molecular weight is 197 g/mol. The number of rotatable bonds is 7. The second-order valence-corrected chi connectivity index (χ2v) is 4.07. The van der Waals surface area contributed by atoms with Gasteiger partial charge in [0.15, 0.2) is 0 Å². The first-order valence-corrected chi connectivity index (χ1v) is 5.83. The van der Waals surface area contributed by atoms with E-state index in [-0.39, 0.29) is 0 Å². The smallest absolute Gasteiger partial charge is 0.0591 e. The van der Waals surface area contributed by atoms with E-state index in [1.165, 1.54) is 32.1 Å². The van der Waals surface area contributed by atoms with Gasteiger partial charge in [0.1, 0.15) is 0 Å². The highest BCUT2D eigenvalue weighted by atomic mass is 16.5. The maximum absolute atomic E-state index is 5.62. The molecule has 1 rings (SSSR count). The molecule has 1 saturated carbocycles. The fourth-order valence-electron chi connectivity index (χ4n) is 1.95. The Morgan fingerprint density at radius 3 is 2.79 bits per heavy atom. The highest BCUT2D eigenvalue weighted by molar-refractivity contribution is 4.69. The summed E-state index contributed by atoms with van der Waals surface area (Å²) in [6.45, 7) is 7.28. The number of ether oxygens (including phenoxy) is 1. The van der Waals surface area contributed by atoms with Crippen LogP contribution in [-0.2, 0) is 4.74 Å². The molecule has 0 aromatic heterocycles. The van der Waals surface area contributed by atoms with Crippen LogP contribution >= 0.6 is 0 Å². The van der Waals surface area contributed by atoms with Crippen LogP contribution in [0.4, 0.5) is 0 Å². The van der Waals surface area contributed by atoms with E-state index in [0.717, 1.165) is 32.2 Å². The van der Waals surface area contributed by atoms with Crippen molar-refractivity contribution >= 4 is 0 Å². The van der Waals surface area contributed by atoms with Gasteiger partial charge in [0.2, 0.25) is 0 Å². The van der Waals surface area contributed by atoms with Crippen LogP contribution in [0.15, 0.2) is 12.7 Å². The molecule has 0 radical (unpaired) electrons. The first-order chi connectivity index (χ1) is 6.93. The van der Waals surface area contributed by atoms with E-state index in [2.05, 4.69) is 11.9 Å². The van der Waals surface area contributed by atoms with Crippen molar-refractivity contribution in [1.29, 1.82) is 0 Å². The Morgan fingerprint density at radius 1 is 1.29 bits per heavy atom. The van der Waals surface area contributed by atoms with Gasteiger partial charge in [0.25, 0.3) is 0 Å². The van der Waals surface area contributed by atoms with E-state index in [4.69, 9.17) is 4.74 Å². The number of nitrogens with one attached hydrogen (secondary N) is 1. The largest absolute Gasteiger partial charge is 0.380 e. The monoisotopic (exact) mass is 197 g/mol. The second kappa shape index (κ2) is 8.01. The molecule has 0 aliphatic heterocycles. The van der Waals surface area contributed by atoms with Gasteiger partial charge < -0.3 is 10.1 Å². The van der Waals surface area contributed by atoms with Gasteiger partial charge in [0, 0.05) is 19.7 Å². The van der Waals surface area contributed by atoms with Gasteiger partial charge >= 0.3 is 0 Å². The third-order valence-corrected chi connectivity index (χ3v) is 2.79. The van der Waals surface area contributed by atoms with E-state index >= 15 is 0 Å². The molecular formula is C12H23NO. The van der Waals surface area contributed by atoms with Crippen molar-refractivity contribution in [3.05, 3.63) is 12.7 Å². The molecule has 0 amide bonds. The Balaban J connectivity index is 1.85. The van der Waals surface area contributed by atoms with Crippen molar-refractivity contribution < 1.29 is 4.74 Å². The molecule has 0 bridgehead atoms. The summed E-state index contributed by atoms with van der Waals surface area (Å²) >= 11 is 0. The molecule has 2 nitrogen and oxygen atoms in total. The maximum Gasteiger partial charge on any atom is 0.0591 e. The SMILES string of the molecule is C=CCNCCOCC1CCCCC1. The van der Waals surface area contributed by atoms with Crippen LogP contribution in [-0.4, -0.2) is 26.3 Å². The number of hydrogen-bond donors (Lipinski definition) is 1. The lowest BCUT2D eigenvalue weighted by molar-refractivity contribution is 0.0874. The van der Waals surface area contributed by atoms with Crippen LogP contribution in [0.5, 0.6) is 0 Å². The van der Waals surface area contributed by atoms with Gasteiger partial charge in [0.05, 0.1) is 6.61 Å². The van der Waals surface area contributed by atoms with Crippen molar-refractivity contribution in [3.8, 4) is 0 Å². The Morgan fingerprint density at radius 2 is 2.07 bits per heavy atom. The van der Waals surface area contributed by atoms with Crippen LogP contribution < -0.4 is 5.32 Å². The number of hydrogen-bond acceptors (Lipinski definition) is 2. The third-order valence-electron chi connectivity index (χ3n) is 2.79. The summed E-state index contributed by atoms with van der Waals surface area (Å²) in [6, 6.07) is 0. The molecule has 0 saturated heterocycles. The third kappa shape index (κ3) is 5.40. The highest BCUT2D eigenvalue weighted by Crippen LogP contribution is 2.23. The quantitative estimate of drug-likeness (QED) is 0.500. The van der Waals surface area contributed by atoms with E-state index in [1.807, 2.05) is 6.08 Å². The van der Waals surface area contributed by atoms with Crippen molar-refractivity contribution in [2.75, 3.05) is 26.3 Å². The standard InChI is InChI=1S/C12H23NO/c1-2-8-13-9-10-14-11-12-6-4-3-5-7-12/h2,12-13H,1,3-11H2. The summed E-state index contributed by atoms with van der Waals surface area (Å²) < 4.78 is 5.62. The molecule has 0 unspecified atom stereocenters. The van der Waals surface area contributed by atoms with E-state index in [1.54, 1.807) is 0 Å². The predicted octanol–water partition coefficient (Wildman–Crippen LogP) is 2.36. The normalized spacial score (nSPS) is 18.3. The van der Waals surface area contributed by atoms with Gasteiger partial charge in [-0.2, -0.15) is 0 Å². The minimum absolute atomic E-state index is 0.836. The maximum atomic E-state index is 5.62. The molecule has 0 spiro atoms. The van der Waals surface area contributed by atoms with E-state index in [0.29, 0.717) is 0 Å². The molecule has 1 N–H and O–H groups in total. The molecular weight excluding hydrogens is 174 g/mol. The van der Waals surface area contributed by atoms with Gasteiger partial charge in [-0.25, -0.2) is 0 Å². The van der Waals surface area contributed by atoms with Crippen LogP contribution in [0.2, 0.25) is 0 Å². The Labute approximate surface area is 87.7 Å². The van der Waals surface area contributed by atoms with Crippen LogP contribution in [0, 0.1) is 5.92 Å². The molecule has 0 aromatic rings. The summed E-state index contributed by atoms with van der Waals surface area (Å²) in [4.78, 5) is 0. The summed E-state index contributed by atoms with van der Waals surface area (Å²) in [5.74, 6) is 0.836. The lowest BCUT2D eigenvalue weighted by Crippen LogP contribution is -2.21. The Bertz CT molecular complexity index is 141. The van der Waals surface area contributed by atoms with Crippen LogP contribution in [0.25, 0.3) is 0 Å². The minimum Gasteiger partial charge on any atom is -0.380 e. The second-order valence-electron chi connectivity index (χ2n) is 4.07. The average Bonchev–Trinajstić information content (AvgIpc) is 2.25. The highest BCUT2D eigenvalue weighted by Gasteiger charge is 2.12.